The van der Waals surface area contributed by atoms with Crippen LogP contribution in [0, 0.1) is 0 Å². The van der Waals surface area contributed by atoms with Crippen molar-refractivity contribution in [2.45, 2.75) is 25.3 Å². The zero-order valence-electron chi connectivity index (χ0n) is 12.7. The maximum atomic E-state index is 12.1. The monoisotopic (exact) mass is 303 g/mol. The van der Waals surface area contributed by atoms with E-state index in [1.165, 1.54) is 11.1 Å². The first kappa shape index (κ1) is 13.9. The minimum atomic E-state index is -0.396. The van der Waals surface area contributed by atoms with Gasteiger partial charge in [-0.05, 0) is 36.0 Å². The molecule has 0 amide bonds. The van der Waals surface area contributed by atoms with Crippen molar-refractivity contribution in [1.82, 2.24) is 0 Å². The molecule has 0 aliphatic heterocycles. The van der Waals surface area contributed by atoms with Gasteiger partial charge >= 0.3 is 0 Å². The van der Waals surface area contributed by atoms with Crippen molar-refractivity contribution in [3.63, 3.8) is 0 Å². The van der Waals surface area contributed by atoms with Crippen molar-refractivity contribution in [3.8, 4) is 11.1 Å². The second kappa shape index (κ2) is 5.51. The summed E-state index contributed by atoms with van der Waals surface area (Å²) in [6.07, 6.45) is 3.14. The summed E-state index contributed by atoms with van der Waals surface area (Å²) >= 11 is 0. The van der Waals surface area contributed by atoms with Crippen LogP contribution in [0.4, 0.5) is 5.69 Å². The van der Waals surface area contributed by atoms with E-state index in [0.29, 0.717) is 11.3 Å². The Morgan fingerprint density at radius 1 is 0.870 bits per heavy atom. The largest absolute Gasteiger partial charge is 0.374 e. The van der Waals surface area contributed by atoms with Crippen molar-refractivity contribution in [2.24, 2.45) is 0 Å². The van der Waals surface area contributed by atoms with Crippen LogP contribution < -0.4 is 16.2 Å². The summed E-state index contributed by atoms with van der Waals surface area (Å²) in [6, 6.07) is 17.8. The maximum absolute atomic E-state index is 12.1. The van der Waals surface area contributed by atoms with E-state index in [-0.39, 0.29) is 11.5 Å². The van der Waals surface area contributed by atoms with Crippen LogP contribution in [0.1, 0.15) is 30.0 Å². The lowest BCUT2D eigenvalue weighted by atomic mass is 9.87. The summed E-state index contributed by atoms with van der Waals surface area (Å²) in [5.41, 5.74) is 3.60. The second-order valence-electron chi connectivity index (χ2n) is 6.06. The average molecular weight is 303 g/mol. The lowest BCUT2D eigenvalue weighted by molar-refractivity contribution is 0.599. The molecule has 0 heterocycles. The van der Waals surface area contributed by atoms with E-state index in [4.69, 9.17) is 0 Å². The van der Waals surface area contributed by atoms with Gasteiger partial charge in [0, 0.05) is 0 Å². The van der Waals surface area contributed by atoms with Crippen molar-refractivity contribution < 1.29 is 0 Å². The number of hydrogen-bond acceptors (Lipinski definition) is 3. The fourth-order valence-corrected chi connectivity index (χ4v) is 3.49. The van der Waals surface area contributed by atoms with Gasteiger partial charge in [0.1, 0.15) is 0 Å². The van der Waals surface area contributed by atoms with Gasteiger partial charge in [0.15, 0.2) is 0 Å². The molecule has 1 aliphatic rings. The van der Waals surface area contributed by atoms with Crippen LogP contribution in [0.3, 0.4) is 0 Å². The first-order chi connectivity index (χ1) is 11.3. The van der Waals surface area contributed by atoms with Crippen LogP contribution in [-0.2, 0) is 6.42 Å². The molecular formula is C20H17NO2. The van der Waals surface area contributed by atoms with E-state index >= 15 is 0 Å². The number of nitrogens with one attached hydrogen (secondary N) is 1. The second-order valence-corrected chi connectivity index (χ2v) is 6.06. The smallest absolute Gasteiger partial charge is 0.250 e. The summed E-state index contributed by atoms with van der Waals surface area (Å²) in [6.45, 7) is 0. The Balaban J connectivity index is 1.71. The number of rotatable bonds is 3. The predicted octanol–water partition coefficient (Wildman–Crippen LogP) is 3.44. The molecule has 0 saturated heterocycles. The molecule has 0 fully saturated rings. The van der Waals surface area contributed by atoms with Gasteiger partial charge in [-0.2, -0.15) is 0 Å². The molecule has 1 atom stereocenters. The predicted molar refractivity (Wildman–Crippen MR) is 92.5 cm³/mol. The van der Waals surface area contributed by atoms with E-state index in [9.17, 15) is 9.59 Å². The Kier molecular flexibility index (Phi) is 3.34. The van der Waals surface area contributed by atoms with Crippen molar-refractivity contribution >= 4 is 5.69 Å². The average Bonchev–Trinajstić information content (AvgIpc) is 2.62. The molecule has 3 aromatic carbocycles. The quantitative estimate of drug-likeness (QED) is 0.754. The Hall–Kier alpha value is -2.68. The van der Waals surface area contributed by atoms with Crippen LogP contribution in [0.25, 0.3) is 11.1 Å². The molecule has 0 aromatic heterocycles. The molecule has 4 rings (SSSR count). The normalized spacial score (nSPS) is 17.0. The van der Waals surface area contributed by atoms with Gasteiger partial charge in [-0.15, -0.1) is 0 Å². The van der Waals surface area contributed by atoms with Crippen molar-refractivity contribution in [1.29, 1.82) is 0 Å². The number of anilines is 1. The fourth-order valence-electron chi connectivity index (χ4n) is 3.49. The molecule has 3 aromatic rings. The van der Waals surface area contributed by atoms with Gasteiger partial charge in [0.05, 0.1) is 17.3 Å². The van der Waals surface area contributed by atoms with Gasteiger partial charge in [0.2, 0.25) is 10.9 Å². The SMILES string of the molecule is O=c1c(NC2CCCc3ccccc32)c(-c2ccccc2)c1=O. The molecule has 0 radical (unpaired) electrons. The van der Waals surface area contributed by atoms with Crippen LogP contribution in [0.15, 0.2) is 64.2 Å². The van der Waals surface area contributed by atoms with E-state index in [2.05, 4.69) is 17.4 Å². The molecule has 0 bridgehead atoms. The Morgan fingerprint density at radius 3 is 2.43 bits per heavy atom. The Morgan fingerprint density at radius 2 is 1.61 bits per heavy atom. The van der Waals surface area contributed by atoms with Gasteiger partial charge in [-0.25, -0.2) is 0 Å². The molecule has 3 nitrogen and oxygen atoms in total. The minimum absolute atomic E-state index is 0.103. The number of hydrogen-bond donors (Lipinski definition) is 1. The molecule has 23 heavy (non-hydrogen) atoms. The van der Waals surface area contributed by atoms with E-state index in [1.54, 1.807) is 0 Å². The Labute approximate surface area is 134 Å². The molecule has 1 aliphatic carbocycles. The third-order valence-electron chi connectivity index (χ3n) is 4.66. The van der Waals surface area contributed by atoms with Crippen LogP contribution in [0.5, 0.6) is 0 Å². The van der Waals surface area contributed by atoms with Crippen LogP contribution in [-0.4, -0.2) is 0 Å². The van der Waals surface area contributed by atoms with Gasteiger partial charge in [-0.3, -0.25) is 9.59 Å². The third-order valence-corrected chi connectivity index (χ3v) is 4.66. The highest BCUT2D eigenvalue weighted by molar-refractivity contribution is 5.82. The topological polar surface area (TPSA) is 46.2 Å². The summed E-state index contributed by atoms with van der Waals surface area (Å²) in [4.78, 5) is 24.1. The first-order valence-corrected chi connectivity index (χ1v) is 7.99. The molecule has 0 spiro atoms. The van der Waals surface area contributed by atoms with Gasteiger partial charge < -0.3 is 5.32 Å². The van der Waals surface area contributed by atoms with Gasteiger partial charge in [-0.1, -0.05) is 54.6 Å². The Bertz CT molecular complexity index is 920. The lowest BCUT2D eigenvalue weighted by Gasteiger charge is -2.28. The van der Waals surface area contributed by atoms with Gasteiger partial charge in [0.25, 0.3) is 0 Å². The molecular weight excluding hydrogens is 286 g/mol. The molecule has 1 unspecified atom stereocenters. The number of benzene rings is 2. The molecule has 0 saturated carbocycles. The van der Waals surface area contributed by atoms with Crippen LogP contribution in [0.2, 0.25) is 0 Å². The zero-order chi connectivity index (χ0) is 15.8. The highest BCUT2D eigenvalue weighted by Crippen LogP contribution is 2.34. The standard InChI is InChI=1S/C20H17NO2/c22-19-17(14-8-2-1-3-9-14)18(20(19)23)21-16-12-6-10-13-7-4-5-11-15(13)16/h1-5,7-9,11,16,21H,6,10,12H2. The summed E-state index contributed by atoms with van der Waals surface area (Å²) in [5.74, 6) is 0. The summed E-state index contributed by atoms with van der Waals surface area (Å²) < 4.78 is 0. The van der Waals surface area contributed by atoms with Crippen molar-refractivity contribution in [3.05, 3.63) is 86.2 Å². The van der Waals surface area contributed by atoms with Crippen LogP contribution >= 0.6 is 0 Å². The number of fused-ring (bicyclic) bond motifs is 1. The third kappa shape index (κ3) is 2.29. The van der Waals surface area contributed by atoms with E-state index < -0.39 is 5.43 Å². The summed E-state index contributed by atoms with van der Waals surface area (Å²) in [5, 5.41) is 3.35. The van der Waals surface area contributed by atoms with Crippen molar-refractivity contribution in [2.75, 3.05) is 5.32 Å². The lowest BCUT2D eigenvalue weighted by Crippen LogP contribution is -2.37. The fraction of sp³-hybridized carbons (Fsp3) is 0.200. The highest BCUT2D eigenvalue weighted by atomic mass is 16.2. The minimum Gasteiger partial charge on any atom is -0.374 e. The summed E-state index contributed by atoms with van der Waals surface area (Å²) in [7, 11) is 0. The first-order valence-electron chi connectivity index (χ1n) is 7.99. The zero-order valence-corrected chi connectivity index (χ0v) is 12.7. The van der Waals surface area contributed by atoms with E-state index in [1.807, 2.05) is 42.5 Å². The molecule has 3 heteroatoms. The molecule has 114 valence electrons. The maximum Gasteiger partial charge on any atom is 0.250 e. The number of aryl methyl sites for hydroxylation is 1. The highest BCUT2D eigenvalue weighted by Gasteiger charge is 2.27. The molecule has 1 N–H and O–H groups in total. The van der Waals surface area contributed by atoms with E-state index in [0.717, 1.165) is 24.8 Å².